The van der Waals surface area contributed by atoms with Crippen molar-refractivity contribution < 1.29 is 28.8 Å². The van der Waals surface area contributed by atoms with Crippen LogP contribution >= 0.6 is 11.3 Å². The number of fused-ring (bicyclic) bond motifs is 1. The summed E-state index contributed by atoms with van der Waals surface area (Å²) in [4.78, 5) is 85.1. The Morgan fingerprint density at radius 2 is 1.53 bits per heavy atom. The van der Waals surface area contributed by atoms with Crippen molar-refractivity contribution >= 4 is 57.6 Å². The number of pyridine rings is 1. The molecule has 4 N–H and O–H groups in total. The third-order valence-electron chi connectivity index (χ3n) is 8.73. The van der Waals surface area contributed by atoms with Gasteiger partial charge in [-0.1, -0.05) is 37.8 Å². The zero-order valence-corrected chi connectivity index (χ0v) is 28.6. The van der Waals surface area contributed by atoms with Crippen LogP contribution in [0.4, 0.5) is 10.8 Å². The number of unbranched alkanes of at least 4 members (excludes halogenated alkanes) is 5. The van der Waals surface area contributed by atoms with Gasteiger partial charge in [0.05, 0.1) is 16.8 Å². The number of nitrogens with one attached hydrogen (secondary N) is 4. The SMILES string of the molecule is O=C1CCC(N2C(=O)c3cccc(NCCCCCCCCNC(=O)c4ccc(C(=O)Nc5nc(-c6ccccn6)cs5)cc4)c3C2=O)C(=O)N1. The lowest BCUT2D eigenvalue weighted by Crippen LogP contribution is -2.54. The number of anilines is 2. The second kappa shape index (κ2) is 16.3. The van der Waals surface area contributed by atoms with Crippen molar-refractivity contribution in [2.24, 2.45) is 0 Å². The highest BCUT2D eigenvalue weighted by Crippen LogP contribution is 2.32. The van der Waals surface area contributed by atoms with Gasteiger partial charge < -0.3 is 10.6 Å². The van der Waals surface area contributed by atoms with Crippen LogP contribution in [0.5, 0.6) is 0 Å². The van der Waals surface area contributed by atoms with Gasteiger partial charge in [0.25, 0.3) is 23.6 Å². The molecule has 1 atom stereocenters. The molecule has 4 aromatic rings. The third kappa shape index (κ3) is 8.35. The number of benzene rings is 2. The van der Waals surface area contributed by atoms with Gasteiger partial charge in [-0.3, -0.25) is 49.3 Å². The smallest absolute Gasteiger partial charge is 0.264 e. The molecule has 51 heavy (non-hydrogen) atoms. The molecule has 0 spiro atoms. The minimum absolute atomic E-state index is 0.0755. The van der Waals surface area contributed by atoms with Crippen molar-refractivity contribution in [1.82, 2.24) is 25.5 Å². The number of carbonyl (C=O) groups excluding carboxylic acids is 6. The van der Waals surface area contributed by atoms with E-state index in [0.29, 0.717) is 40.7 Å². The number of imide groups is 2. The molecule has 1 unspecified atom stereocenters. The average molecular weight is 708 g/mol. The maximum absolute atomic E-state index is 13.2. The fourth-order valence-electron chi connectivity index (χ4n) is 6.05. The summed E-state index contributed by atoms with van der Waals surface area (Å²) in [7, 11) is 0. The van der Waals surface area contributed by atoms with Gasteiger partial charge in [0, 0.05) is 47.9 Å². The number of thiazole rings is 1. The Morgan fingerprint density at radius 3 is 2.25 bits per heavy atom. The summed E-state index contributed by atoms with van der Waals surface area (Å²) in [5.41, 5.74) is 3.38. The van der Waals surface area contributed by atoms with Gasteiger partial charge in [-0.05, 0) is 67.8 Å². The standard InChI is InChI=1S/C37H37N7O6S/c45-30-18-17-29(34(48)42-30)44-35(49)25-10-9-12-27(31(25)36(44)50)39-19-6-3-1-2-4-7-21-40-32(46)23-13-15-24(16-14-23)33(47)43-37-41-28(22-51-37)26-11-5-8-20-38-26/h5,8-16,20,22,29,39H,1-4,6-7,17-19,21H2,(H,40,46)(H,41,43,47)(H,42,45,48). The van der Waals surface area contributed by atoms with E-state index >= 15 is 0 Å². The Labute approximate surface area is 298 Å². The molecule has 4 heterocycles. The lowest BCUT2D eigenvalue weighted by atomic mass is 10.0. The number of aromatic nitrogens is 2. The van der Waals surface area contributed by atoms with E-state index < -0.39 is 29.7 Å². The maximum atomic E-state index is 13.2. The second-order valence-electron chi connectivity index (χ2n) is 12.3. The number of piperidine rings is 1. The summed E-state index contributed by atoms with van der Waals surface area (Å²) >= 11 is 1.31. The van der Waals surface area contributed by atoms with Crippen LogP contribution in [-0.2, 0) is 9.59 Å². The molecule has 2 aliphatic heterocycles. The molecule has 1 saturated heterocycles. The predicted molar refractivity (Wildman–Crippen MR) is 191 cm³/mol. The van der Waals surface area contributed by atoms with Crippen molar-refractivity contribution in [3.8, 4) is 11.4 Å². The molecule has 262 valence electrons. The molecule has 1 fully saturated rings. The molecule has 0 bridgehead atoms. The van der Waals surface area contributed by atoms with E-state index in [1.165, 1.54) is 11.3 Å². The summed E-state index contributed by atoms with van der Waals surface area (Å²) < 4.78 is 0. The first-order valence-corrected chi connectivity index (χ1v) is 17.8. The van der Waals surface area contributed by atoms with E-state index in [-0.39, 0.29) is 35.8 Å². The fourth-order valence-corrected chi connectivity index (χ4v) is 6.75. The van der Waals surface area contributed by atoms with E-state index in [2.05, 4.69) is 31.2 Å². The monoisotopic (exact) mass is 707 g/mol. The summed E-state index contributed by atoms with van der Waals surface area (Å²) in [6, 6.07) is 16.1. The van der Waals surface area contributed by atoms with E-state index in [4.69, 9.17) is 0 Å². The highest BCUT2D eigenvalue weighted by atomic mass is 32.1. The number of hydrogen-bond donors (Lipinski definition) is 4. The van der Waals surface area contributed by atoms with Gasteiger partial charge in [0.1, 0.15) is 11.7 Å². The molecule has 0 aliphatic carbocycles. The molecular formula is C37H37N7O6S. The molecule has 0 saturated carbocycles. The molecule has 6 amide bonds. The van der Waals surface area contributed by atoms with Crippen molar-refractivity contribution in [3.63, 3.8) is 0 Å². The molecule has 0 radical (unpaired) electrons. The molecule has 2 aliphatic rings. The lowest BCUT2D eigenvalue weighted by Gasteiger charge is -2.27. The predicted octanol–water partition coefficient (Wildman–Crippen LogP) is 5.04. The van der Waals surface area contributed by atoms with Gasteiger partial charge in [-0.2, -0.15) is 0 Å². The number of hydrogen-bond acceptors (Lipinski definition) is 10. The van der Waals surface area contributed by atoms with Crippen LogP contribution in [0.3, 0.4) is 0 Å². The number of carbonyl (C=O) groups is 6. The minimum Gasteiger partial charge on any atom is -0.384 e. The number of amides is 6. The van der Waals surface area contributed by atoms with Crippen LogP contribution in [0.1, 0.15) is 92.8 Å². The summed E-state index contributed by atoms with van der Waals surface area (Å²) in [5, 5.41) is 13.5. The van der Waals surface area contributed by atoms with Gasteiger partial charge in [0.2, 0.25) is 11.8 Å². The maximum Gasteiger partial charge on any atom is 0.264 e. The van der Waals surface area contributed by atoms with Crippen LogP contribution in [0.2, 0.25) is 0 Å². The van der Waals surface area contributed by atoms with Gasteiger partial charge in [-0.15, -0.1) is 11.3 Å². The first kappa shape index (κ1) is 35.1. The number of nitrogens with zero attached hydrogens (tertiary/aromatic N) is 3. The van der Waals surface area contributed by atoms with Crippen LogP contribution in [0, 0.1) is 0 Å². The van der Waals surface area contributed by atoms with Gasteiger partial charge >= 0.3 is 0 Å². The van der Waals surface area contributed by atoms with Crippen molar-refractivity contribution in [2.45, 2.75) is 57.4 Å². The first-order chi connectivity index (χ1) is 24.8. The number of rotatable bonds is 15. The van der Waals surface area contributed by atoms with Crippen molar-refractivity contribution in [2.75, 3.05) is 23.7 Å². The quantitative estimate of drug-likeness (QED) is 0.0973. The van der Waals surface area contributed by atoms with Crippen LogP contribution < -0.4 is 21.3 Å². The Bertz CT molecular complexity index is 1950. The topological polar surface area (TPSA) is 180 Å². The largest absolute Gasteiger partial charge is 0.384 e. The molecule has 2 aromatic carbocycles. The lowest BCUT2D eigenvalue weighted by molar-refractivity contribution is -0.136. The van der Waals surface area contributed by atoms with Crippen LogP contribution in [0.25, 0.3) is 11.4 Å². The van der Waals surface area contributed by atoms with Gasteiger partial charge in [0.15, 0.2) is 5.13 Å². The van der Waals surface area contributed by atoms with E-state index in [1.54, 1.807) is 48.7 Å². The fraction of sp³-hybridized carbons (Fsp3) is 0.297. The Morgan fingerprint density at radius 1 is 0.804 bits per heavy atom. The second-order valence-corrected chi connectivity index (χ2v) is 13.1. The molecule has 14 heteroatoms. The summed E-state index contributed by atoms with van der Waals surface area (Å²) in [6.45, 7) is 1.16. The molecule has 2 aromatic heterocycles. The van der Waals surface area contributed by atoms with Gasteiger partial charge in [-0.25, -0.2) is 4.98 Å². The third-order valence-corrected chi connectivity index (χ3v) is 9.49. The first-order valence-electron chi connectivity index (χ1n) is 16.9. The van der Waals surface area contributed by atoms with Crippen LogP contribution in [0.15, 0.2) is 72.2 Å². The van der Waals surface area contributed by atoms with E-state index in [0.717, 1.165) is 49.1 Å². The summed E-state index contributed by atoms with van der Waals surface area (Å²) in [5.74, 6) is -2.59. The highest BCUT2D eigenvalue weighted by molar-refractivity contribution is 7.14. The minimum atomic E-state index is -0.994. The highest BCUT2D eigenvalue weighted by Gasteiger charge is 2.45. The van der Waals surface area contributed by atoms with Crippen LogP contribution in [-0.4, -0.2) is 69.4 Å². The Balaban J connectivity index is 0.850. The zero-order valence-electron chi connectivity index (χ0n) is 27.8. The van der Waals surface area contributed by atoms with E-state index in [9.17, 15) is 28.8 Å². The molecular weight excluding hydrogens is 671 g/mol. The molecule has 6 rings (SSSR count). The Kier molecular flexibility index (Phi) is 11.2. The Hall–Kier alpha value is -5.76. The average Bonchev–Trinajstić information content (AvgIpc) is 3.71. The van der Waals surface area contributed by atoms with E-state index in [1.807, 2.05) is 23.6 Å². The normalized spacial score (nSPS) is 15.4. The van der Waals surface area contributed by atoms with Crippen molar-refractivity contribution in [3.05, 3.63) is 94.5 Å². The summed E-state index contributed by atoms with van der Waals surface area (Å²) in [6.07, 6.45) is 7.54. The zero-order chi connectivity index (χ0) is 35.7. The van der Waals surface area contributed by atoms with Crippen molar-refractivity contribution in [1.29, 1.82) is 0 Å². The molecule has 13 nitrogen and oxygen atoms in total.